The lowest BCUT2D eigenvalue weighted by Crippen LogP contribution is -2.23. The Balaban J connectivity index is 2.46. The number of hydrogen-bond acceptors (Lipinski definition) is 5. The summed E-state index contributed by atoms with van der Waals surface area (Å²) in [7, 11) is 0. The van der Waals surface area contributed by atoms with Crippen LogP contribution in [0, 0.1) is 5.92 Å². The van der Waals surface area contributed by atoms with E-state index in [9.17, 15) is 9.90 Å². The molecule has 0 saturated carbocycles. The molecule has 6 nitrogen and oxygen atoms in total. The lowest BCUT2D eigenvalue weighted by atomic mass is 10.2. The molecule has 1 atom stereocenters. The van der Waals surface area contributed by atoms with Gasteiger partial charge < -0.3 is 10.4 Å². The maximum atomic E-state index is 11.5. The number of hydrogen-bond donors (Lipinski definition) is 3. The second-order valence-electron chi connectivity index (χ2n) is 5.06. The third-order valence-corrected chi connectivity index (χ3v) is 2.86. The summed E-state index contributed by atoms with van der Waals surface area (Å²) >= 11 is 0. The minimum atomic E-state index is -0.637. The van der Waals surface area contributed by atoms with Gasteiger partial charge >= 0.3 is 0 Å². The second kappa shape index (κ2) is 8.60. The normalized spacial score (nSPS) is 12.4. The molecule has 0 spiro atoms. The highest BCUT2D eigenvalue weighted by atomic mass is 16.3. The van der Waals surface area contributed by atoms with E-state index in [0.29, 0.717) is 12.1 Å². The lowest BCUT2D eigenvalue weighted by molar-refractivity contribution is -0.118. The molecule has 0 radical (unpaired) electrons. The van der Waals surface area contributed by atoms with Crippen molar-refractivity contribution in [2.45, 2.75) is 39.7 Å². The van der Waals surface area contributed by atoms with Gasteiger partial charge in [-0.05, 0) is 13.0 Å². The minimum absolute atomic E-state index is 0.119. The Hall–Kier alpha value is -1.53. The first-order valence-corrected chi connectivity index (χ1v) is 7.06. The van der Waals surface area contributed by atoms with E-state index in [1.54, 1.807) is 13.8 Å². The molecule has 0 fully saturated rings. The lowest BCUT2D eigenvalue weighted by Gasteiger charge is -2.12. The number of nitrogens with one attached hydrogen (secondary N) is 2. The molecule has 0 aliphatic carbocycles. The molecule has 20 heavy (non-hydrogen) atoms. The van der Waals surface area contributed by atoms with Crippen LogP contribution in [0.15, 0.2) is 12.4 Å². The van der Waals surface area contributed by atoms with Gasteiger partial charge in [-0.3, -0.25) is 10.1 Å². The summed E-state index contributed by atoms with van der Waals surface area (Å²) in [6.07, 6.45) is 4.64. The standard InChI is InChI=1S/C14H24N4O2/c1-4-5-6-15-9-12(19)11-7-16-14(17-8-11)18-13(20)10(2)3/h7-8,10,12,15,19H,4-6,9H2,1-3H3,(H,16,17,18,20). The largest absolute Gasteiger partial charge is 0.387 e. The minimum Gasteiger partial charge on any atom is -0.387 e. The third kappa shape index (κ3) is 5.63. The Labute approximate surface area is 120 Å². The zero-order chi connectivity index (χ0) is 15.0. The van der Waals surface area contributed by atoms with Gasteiger partial charge in [-0.2, -0.15) is 0 Å². The highest BCUT2D eigenvalue weighted by molar-refractivity contribution is 5.90. The van der Waals surface area contributed by atoms with Crippen LogP contribution in [0.1, 0.15) is 45.3 Å². The van der Waals surface area contributed by atoms with Crippen LogP contribution < -0.4 is 10.6 Å². The summed E-state index contributed by atoms with van der Waals surface area (Å²) in [5.74, 6) is 0.0183. The van der Waals surface area contributed by atoms with Crippen LogP contribution in [-0.4, -0.2) is 34.1 Å². The van der Waals surface area contributed by atoms with Gasteiger partial charge in [-0.1, -0.05) is 27.2 Å². The average molecular weight is 280 g/mol. The van der Waals surface area contributed by atoms with Crippen LogP contribution in [0.3, 0.4) is 0 Å². The van der Waals surface area contributed by atoms with E-state index in [4.69, 9.17) is 0 Å². The Morgan fingerprint density at radius 3 is 2.55 bits per heavy atom. The van der Waals surface area contributed by atoms with Crippen molar-refractivity contribution in [1.82, 2.24) is 15.3 Å². The number of aliphatic hydroxyl groups is 1. The quantitative estimate of drug-likeness (QED) is 0.628. The molecule has 1 unspecified atom stereocenters. The van der Waals surface area contributed by atoms with E-state index < -0.39 is 6.10 Å². The Morgan fingerprint density at radius 1 is 1.35 bits per heavy atom. The predicted octanol–water partition coefficient (Wildman–Crippen LogP) is 1.49. The molecular weight excluding hydrogens is 256 g/mol. The van der Waals surface area contributed by atoms with Crippen LogP contribution >= 0.6 is 0 Å². The van der Waals surface area contributed by atoms with E-state index in [-0.39, 0.29) is 17.8 Å². The number of aliphatic hydroxyl groups excluding tert-OH is 1. The zero-order valence-electron chi connectivity index (χ0n) is 12.4. The fraction of sp³-hybridized carbons (Fsp3) is 0.643. The summed E-state index contributed by atoms with van der Waals surface area (Å²) in [4.78, 5) is 19.6. The molecule has 1 aromatic heterocycles. The third-order valence-electron chi connectivity index (χ3n) is 2.86. The van der Waals surface area contributed by atoms with E-state index >= 15 is 0 Å². The molecule has 0 saturated heterocycles. The molecule has 0 aliphatic heterocycles. The molecule has 3 N–H and O–H groups in total. The van der Waals surface area contributed by atoms with Crippen molar-refractivity contribution >= 4 is 11.9 Å². The SMILES string of the molecule is CCCCNCC(O)c1cnc(NC(=O)C(C)C)nc1. The van der Waals surface area contributed by atoms with E-state index in [2.05, 4.69) is 27.5 Å². The summed E-state index contributed by atoms with van der Waals surface area (Å²) < 4.78 is 0. The van der Waals surface area contributed by atoms with Gasteiger partial charge in [0, 0.05) is 30.4 Å². The van der Waals surface area contributed by atoms with Crippen molar-refractivity contribution in [2.24, 2.45) is 5.92 Å². The number of rotatable bonds is 8. The van der Waals surface area contributed by atoms with Crippen LogP contribution in [0.5, 0.6) is 0 Å². The summed E-state index contributed by atoms with van der Waals surface area (Å²) in [5, 5.41) is 15.7. The van der Waals surface area contributed by atoms with Crippen LogP contribution in [0.25, 0.3) is 0 Å². The maximum Gasteiger partial charge on any atom is 0.229 e. The topological polar surface area (TPSA) is 87.1 Å². The van der Waals surface area contributed by atoms with Gasteiger partial charge in [0.2, 0.25) is 11.9 Å². The van der Waals surface area contributed by atoms with E-state index in [1.807, 2.05) is 0 Å². The highest BCUT2D eigenvalue weighted by Crippen LogP contribution is 2.11. The fourth-order valence-electron chi connectivity index (χ4n) is 1.49. The maximum absolute atomic E-state index is 11.5. The molecule has 112 valence electrons. The fourth-order valence-corrected chi connectivity index (χ4v) is 1.49. The molecule has 1 rings (SSSR count). The molecule has 1 aromatic rings. The van der Waals surface area contributed by atoms with Gasteiger partial charge in [0.05, 0.1) is 6.10 Å². The van der Waals surface area contributed by atoms with Crippen molar-refractivity contribution in [2.75, 3.05) is 18.4 Å². The molecule has 1 amide bonds. The summed E-state index contributed by atoms with van der Waals surface area (Å²) in [6.45, 7) is 7.08. The number of carbonyl (C=O) groups excluding carboxylic acids is 1. The van der Waals surface area contributed by atoms with Crippen LogP contribution in [-0.2, 0) is 4.79 Å². The molecule has 6 heteroatoms. The smallest absolute Gasteiger partial charge is 0.229 e. The molecular formula is C14H24N4O2. The number of anilines is 1. The molecule has 0 bridgehead atoms. The van der Waals surface area contributed by atoms with Gasteiger partial charge in [0.15, 0.2) is 0 Å². The van der Waals surface area contributed by atoms with Crippen molar-refractivity contribution in [3.05, 3.63) is 18.0 Å². The first-order chi connectivity index (χ1) is 9.54. The molecule has 0 aromatic carbocycles. The second-order valence-corrected chi connectivity index (χ2v) is 5.06. The number of unbranched alkanes of at least 4 members (excludes halogenated alkanes) is 1. The van der Waals surface area contributed by atoms with Crippen LogP contribution in [0.4, 0.5) is 5.95 Å². The van der Waals surface area contributed by atoms with Crippen molar-refractivity contribution in [3.63, 3.8) is 0 Å². The number of aromatic nitrogens is 2. The molecule has 1 heterocycles. The monoisotopic (exact) mass is 280 g/mol. The Morgan fingerprint density at radius 2 is 2.00 bits per heavy atom. The summed E-state index contributed by atoms with van der Waals surface area (Å²) in [5.41, 5.74) is 0.636. The van der Waals surface area contributed by atoms with Gasteiger partial charge in [-0.15, -0.1) is 0 Å². The number of carbonyl (C=O) groups is 1. The summed E-state index contributed by atoms with van der Waals surface area (Å²) in [6, 6.07) is 0. The van der Waals surface area contributed by atoms with Crippen molar-refractivity contribution < 1.29 is 9.90 Å². The van der Waals surface area contributed by atoms with E-state index in [0.717, 1.165) is 19.4 Å². The predicted molar refractivity (Wildman–Crippen MR) is 78.2 cm³/mol. The Kier molecular flexibility index (Phi) is 7.11. The van der Waals surface area contributed by atoms with Crippen molar-refractivity contribution in [1.29, 1.82) is 0 Å². The van der Waals surface area contributed by atoms with E-state index in [1.165, 1.54) is 12.4 Å². The Bertz CT molecular complexity index is 406. The van der Waals surface area contributed by atoms with Gasteiger partial charge in [-0.25, -0.2) is 9.97 Å². The number of nitrogens with zero attached hydrogens (tertiary/aromatic N) is 2. The van der Waals surface area contributed by atoms with Crippen LogP contribution in [0.2, 0.25) is 0 Å². The molecule has 0 aliphatic rings. The number of amides is 1. The average Bonchev–Trinajstić information content (AvgIpc) is 2.44. The van der Waals surface area contributed by atoms with Gasteiger partial charge in [0.1, 0.15) is 0 Å². The highest BCUT2D eigenvalue weighted by Gasteiger charge is 2.11. The first-order valence-electron chi connectivity index (χ1n) is 7.06. The first kappa shape index (κ1) is 16.5. The zero-order valence-corrected chi connectivity index (χ0v) is 12.4. The van der Waals surface area contributed by atoms with Gasteiger partial charge in [0.25, 0.3) is 0 Å². The van der Waals surface area contributed by atoms with Crippen molar-refractivity contribution in [3.8, 4) is 0 Å².